The van der Waals surface area contributed by atoms with E-state index in [1.807, 2.05) is 62.4 Å². The average Bonchev–Trinajstić information content (AvgIpc) is 3.49. The van der Waals surface area contributed by atoms with Crippen molar-refractivity contribution in [2.75, 3.05) is 50.1 Å². The number of anilines is 3. The van der Waals surface area contributed by atoms with E-state index in [9.17, 15) is 14.7 Å². The molecule has 10 nitrogen and oxygen atoms in total. The number of hydrogen-bond acceptors (Lipinski definition) is 7. The van der Waals surface area contributed by atoms with Gasteiger partial charge < -0.3 is 25.4 Å². The van der Waals surface area contributed by atoms with Gasteiger partial charge in [-0.2, -0.15) is 0 Å². The molecule has 45 heavy (non-hydrogen) atoms. The molecule has 0 aliphatic carbocycles. The standard InChI is InChI=1S/C35H44N6O4/c1-24(2)45-20-19-40(30-9-10-32-29(21-30)14-18-41(32)35(44)36-4)31-11-15-37-33(22-31)38-34(43)28-7-5-26(6-8-28)27-12-16-39(17-13-27)25(3)23-42/h5-11,14-15,18,21-22,24-25,27,42H,12-13,16-17,19-20,23H2,1-4H3,(H,36,44)(H,37,38,43). The lowest BCUT2D eigenvalue weighted by atomic mass is 9.88. The molecule has 1 aliphatic rings. The molecule has 1 saturated heterocycles. The molecule has 2 aromatic carbocycles. The molecule has 2 aromatic heterocycles. The number of carbonyl (C=O) groups excluding carboxylic acids is 2. The topological polar surface area (TPSA) is 112 Å². The summed E-state index contributed by atoms with van der Waals surface area (Å²) in [6, 6.07) is 19.5. The van der Waals surface area contributed by atoms with Crippen molar-refractivity contribution in [1.82, 2.24) is 19.8 Å². The number of nitrogens with one attached hydrogen (secondary N) is 2. The highest BCUT2D eigenvalue weighted by Crippen LogP contribution is 2.31. The van der Waals surface area contributed by atoms with Crippen LogP contribution in [0.15, 0.2) is 73.1 Å². The number of hydrogen-bond donors (Lipinski definition) is 3. The Labute approximate surface area is 265 Å². The highest BCUT2D eigenvalue weighted by atomic mass is 16.5. The summed E-state index contributed by atoms with van der Waals surface area (Å²) in [6.45, 7) is 9.27. The lowest BCUT2D eigenvalue weighted by molar-refractivity contribution is 0.0851. The van der Waals surface area contributed by atoms with Gasteiger partial charge in [-0.05, 0) is 101 Å². The van der Waals surface area contributed by atoms with Gasteiger partial charge in [0.1, 0.15) is 5.82 Å². The van der Waals surface area contributed by atoms with Crippen LogP contribution in [0.5, 0.6) is 0 Å². The number of carbonyl (C=O) groups is 2. The molecule has 1 atom stereocenters. The minimum absolute atomic E-state index is 0.0948. The van der Waals surface area contributed by atoms with E-state index in [0.717, 1.165) is 48.2 Å². The average molecular weight is 613 g/mol. The van der Waals surface area contributed by atoms with Gasteiger partial charge in [-0.25, -0.2) is 9.78 Å². The van der Waals surface area contributed by atoms with Gasteiger partial charge in [0.2, 0.25) is 0 Å². The normalized spacial score (nSPS) is 14.9. The molecule has 0 bridgehead atoms. The van der Waals surface area contributed by atoms with Crippen molar-refractivity contribution < 1.29 is 19.4 Å². The van der Waals surface area contributed by atoms with E-state index in [2.05, 4.69) is 44.5 Å². The van der Waals surface area contributed by atoms with Gasteiger partial charge in [0.05, 0.1) is 24.8 Å². The summed E-state index contributed by atoms with van der Waals surface area (Å²) in [5.74, 6) is 0.688. The molecule has 3 N–H and O–H groups in total. The van der Waals surface area contributed by atoms with Gasteiger partial charge in [0.25, 0.3) is 5.91 Å². The first-order chi connectivity index (χ1) is 21.8. The van der Waals surface area contributed by atoms with E-state index in [4.69, 9.17) is 4.74 Å². The molecule has 0 radical (unpaired) electrons. The predicted molar refractivity (Wildman–Crippen MR) is 179 cm³/mol. The van der Waals surface area contributed by atoms with Crippen molar-refractivity contribution in [1.29, 1.82) is 0 Å². The fourth-order valence-corrected chi connectivity index (χ4v) is 5.92. The van der Waals surface area contributed by atoms with Crippen LogP contribution in [0.2, 0.25) is 0 Å². The molecule has 1 fully saturated rings. The second kappa shape index (κ2) is 14.7. The second-order valence-corrected chi connectivity index (χ2v) is 11.9. The number of rotatable bonds is 11. The monoisotopic (exact) mass is 612 g/mol. The van der Waals surface area contributed by atoms with E-state index in [1.165, 1.54) is 5.56 Å². The molecule has 0 spiro atoms. The van der Waals surface area contributed by atoms with Crippen LogP contribution in [-0.2, 0) is 4.74 Å². The lowest BCUT2D eigenvalue weighted by Gasteiger charge is -2.35. The van der Waals surface area contributed by atoms with Gasteiger partial charge in [-0.15, -0.1) is 0 Å². The summed E-state index contributed by atoms with van der Waals surface area (Å²) in [7, 11) is 1.61. The zero-order valence-electron chi connectivity index (χ0n) is 26.6. The number of nitrogens with zero attached hydrogens (tertiary/aromatic N) is 4. The summed E-state index contributed by atoms with van der Waals surface area (Å²) in [5.41, 5.74) is 4.41. The van der Waals surface area contributed by atoms with Gasteiger partial charge in [0.15, 0.2) is 0 Å². The van der Waals surface area contributed by atoms with Gasteiger partial charge in [0, 0.05) is 60.4 Å². The molecule has 2 amide bonds. The maximum Gasteiger partial charge on any atom is 0.325 e. The zero-order valence-corrected chi connectivity index (χ0v) is 26.6. The fraction of sp³-hybridized carbons (Fsp3) is 0.400. The number of aromatic nitrogens is 2. The van der Waals surface area contributed by atoms with Gasteiger partial charge >= 0.3 is 6.03 Å². The van der Waals surface area contributed by atoms with Crippen molar-refractivity contribution >= 4 is 40.0 Å². The van der Waals surface area contributed by atoms with E-state index >= 15 is 0 Å². The molecular weight excluding hydrogens is 568 g/mol. The Hall–Kier alpha value is -4.25. The lowest BCUT2D eigenvalue weighted by Crippen LogP contribution is -2.41. The number of pyridine rings is 1. The van der Waals surface area contributed by atoms with E-state index in [1.54, 1.807) is 24.0 Å². The smallest absolute Gasteiger partial charge is 0.325 e. The number of piperidine rings is 1. The van der Waals surface area contributed by atoms with Crippen LogP contribution in [-0.4, -0.2) is 83.5 Å². The zero-order chi connectivity index (χ0) is 31.9. The van der Waals surface area contributed by atoms with Gasteiger partial charge in [-0.3, -0.25) is 14.3 Å². The quantitative estimate of drug-likeness (QED) is 0.202. The molecule has 5 rings (SSSR count). The molecular formula is C35H44N6O4. The number of likely N-dealkylation sites (tertiary alicyclic amines) is 1. The van der Waals surface area contributed by atoms with Crippen molar-refractivity contribution in [2.24, 2.45) is 0 Å². The summed E-state index contributed by atoms with van der Waals surface area (Å²) in [4.78, 5) is 34.4. The molecule has 3 heterocycles. The number of ether oxygens (including phenoxy) is 1. The summed E-state index contributed by atoms with van der Waals surface area (Å²) >= 11 is 0. The van der Waals surface area contributed by atoms with Crippen LogP contribution in [0.3, 0.4) is 0 Å². The van der Waals surface area contributed by atoms with Crippen molar-refractivity contribution in [3.63, 3.8) is 0 Å². The Kier molecular flexibility index (Phi) is 10.5. The van der Waals surface area contributed by atoms with Crippen molar-refractivity contribution in [3.05, 3.63) is 84.2 Å². The maximum absolute atomic E-state index is 13.2. The number of aliphatic hydroxyl groups is 1. The van der Waals surface area contributed by atoms with Crippen LogP contribution in [0.4, 0.5) is 22.0 Å². The minimum atomic E-state index is -0.218. The number of benzene rings is 2. The fourth-order valence-electron chi connectivity index (χ4n) is 5.92. The summed E-state index contributed by atoms with van der Waals surface area (Å²) in [5, 5.41) is 16.0. The first-order valence-electron chi connectivity index (χ1n) is 15.7. The number of fused-ring (bicyclic) bond motifs is 1. The number of amides is 2. The van der Waals surface area contributed by atoms with E-state index in [0.29, 0.717) is 30.5 Å². The maximum atomic E-state index is 13.2. The third-order valence-electron chi connectivity index (χ3n) is 8.54. The van der Waals surface area contributed by atoms with Gasteiger partial charge in [-0.1, -0.05) is 12.1 Å². The molecule has 1 aliphatic heterocycles. The highest BCUT2D eigenvalue weighted by molar-refractivity contribution is 6.04. The van der Waals surface area contributed by atoms with Crippen LogP contribution >= 0.6 is 0 Å². The molecule has 1 unspecified atom stereocenters. The first-order valence-corrected chi connectivity index (χ1v) is 15.7. The molecule has 4 aromatic rings. The third kappa shape index (κ3) is 7.70. The number of aliphatic hydroxyl groups excluding tert-OH is 1. The van der Waals surface area contributed by atoms with Crippen LogP contribution in [0.25, 0.3) is 10.9 Å². The van der Waals surface area contributed by atoms with E-state index < -0.39 is 0 Å². The largest absolute Gasteiger partial charge is 0.395 e. The van der Waals surface area contributed by atoms with E-state index in [-0.39, 0.29) is 30.7 Å². The van der Waals surface area contributed by atoms with Crippen molar-refractivity contribution in [2.45, 2.75) is 51.7 Å². The Morgan fingerprint density at radius 2 is 1.76 bits per heavy atom. The predicted octanol–water partition coefficient (Wildman–Crippen LogP) is 5.60. The minimum Gasteiger partial charge on any atom is -0.395 e. The first kappa shape index (κ1) is 32.2. The molecule has 0 saturated carbocycles. The molecule has 10 heteroatoms. The summed E-state index contributed by atoms with van der Waals surface area (Å²) < 4.78 is 7.47. The Bertz CT molecular complexity index is 1590. The Balaban J connectivity index is 1.30. The SMILES string of the molecule is CNC(=O)n1ccc2cc(N(CCOC(C)C)c3ccnc(NC(=O)c4ccc(C5CCN(C(C)CO)CC5)cc4)c3)ccc21. The Morgan fingerprint density at radius 3 is 2.44 bits per heavy atom. The van der Waals surface area contributed by atoms with Crippen molar-refractivity contribution in [3.8, 4) is 0 Å². The van der Waals surface area contributed by atoms with Crippen LogP contribution in [0, 0.1) is 0 Å². The second-order valence-electron chi connectivity index (χ2n) is 11.9. The van der Waals surface area contributed by atoms with Crippen LogP contribution in [0.1, 0.15) is 55.5 Å². The Morgan fingerprint density at radius 1 is 1.02 bits per heavy atom. The third-order valence-corrected chi connectivity index (χ3v) is 8.54. The highest BCUT2D eigenvalue weighted by Gasteiger charge is 2.23. The summed E-state index contributed by atoms with van der Waals surface area (Å²) in [6.07, 6.45) is 5.62. The van der Waals surface area contributed by atoms with Crippen LogP contribution < -0.4 is 15.5 Å². The molecule has 238 valence electrons.